The van der Waals surface area contributed by atoms with Gasteiger partial charge in [0.25, 0.3) is 5.91 Å². The van der Waals surface area contributed by atoms with Gasteiger partial charge in [0, 0.05) is 9.13 Å². The molecule has 3 rings (SSSR count). The minimum atomic E-state index is -0.375. The Morgan fingerprint density at radius 1 is 1.18 bits per heavy atom. The second kappa shape index (κ2) is 8.93. The summed E-state index contributed by atoms with van der Waals surface area (Å²) in [5.41, 5.74) is 1.71. The molecule has 28 heavy (non-hydrogen) atoms. The molecule has 0 aliphatic heterocycles. The van der Waals surface area contributed by atoms with Crippen molar-refractivity contribution < 1.29 is 14.3 Å². The van der Waals surface area contributed by atoms with Crippen molar-refractivity contribution in [3.63, 3.8) is 0 Å². The molecular weight excluding hydrogens is 509 g/mol. The number of hydrogen-bond acceptors (Lipinski definition) is 6. The number of carbonyl (C=O) groups excluding carboxylic acids is 2. The van der Waals surface area contributed by atoms with E-state index in [1.165, 1.54) is 11.3 Å². The van der Waals surface area contributed by atoms with E-state index in [2.05, 4.69) is 38.2 Å². The molecule has 0 bridgehead atoms. The number of nitrogens with one attached hydrogen (secondary N) is 2. The van der Waals surface area contributed by atoms with E-state index in [1.54, 1.807) is 44.2 Å². The van der Waals surface area contributed by atoms with Crippen LogP contribution in [0.5, 0.6) is 0 Å². The van der Waals surface area contributed by atoms with Crippen LogP contribution in [0.15, 0.2) is 42.5 Å². The molecule has 144 valence electrons. The quantitative estimate of drug-likeness (QED) is 0.295. The lowest BCUT2D eigenvalue weighted by atomic mass is 10.2. The van der Waals surface area contributed by atoms with Crippen LogP contribution in [0.2, 0.25) is 0 Å². The molecule has 0 aliphatic carbocycles. The second-order valence-corrected chi connectivity index (χ2v) is 8.76. The van der Waals surface area contributed by atoms with Crippen LogP contribution in [0.4, 0.5) is 5.13 Å². The smallest absolute Gasteiger partial charge is 0.338 e. The number of ether oxygens (including phenoxy) is 1. The van der Waals surface area contributed by atoms with E-state index in [1.807, 2.05) is 12.1 Å². The molecule has 0 fully saturated rings. The Morgan fingerprint density at radius 2 is 1.96 bits per heavy atom. The first kappa shape index (κ1) is 20.6. The Kier molecular flexibility index (Phi) is 6.57. The van der Waals surface area contributed by atoms with Gasteiger partial charge in [-0.3, -0.25) is 10.1 Å². The molecular formula is C19H16IN3O3S2. The Bertz CT molecular complexity index is 1070. The Balaban J connectivity index is 1.69. The molecule has 0 saturated heterocycles. The monoisotopic (exact) mass is 525 g/mol. The molecule has 9 heteroatoms. The number of thiocarbonyl (C=S) groups is 1. The molecule has 3 aromatic rings. The van der Waals surface area contributed by atoms with Crippen LogP contribution in [0.1, 0.15) is 34.6 Å². The number of rotatable bonds is 4. The minimum Gasteiger partial charge on any atom is -0.459 e. The fourth-order valence-electron chi connectivity index (χ4n) is 2.32. The molecule has 0 aliphatic rings. The number of carbonyl (C=O) groups is 2. The molecule has 2 N–H and O–H groups in total. The van der Waals surface area contributed by atoms with Crippen LogP contribution < -0.4 is 10.6 Å². The van der Waals surface area contributed by atoms with Gasteiger partial charge in [0.15, 0.2) is 10.2 Å². The van der Waals surface area contributed by atoms with Crippen LogP contribution in [0.25, 0.3) is 10.2 Å². The van der Waals surface area contributed by atoms with Crippen molar-refractivity contribution in [1.82, 2.24) is 10.3 Å². The van der Waals surface area contributed by atoms with Gasteiger partial charge in [-0.1, -0.05) is 17.4 Å². The first-order chi connectivity index (χ1) is 13.3. The second-order valence-electron chi connectivity index (χ2n) is 6.07. The highest BCUT2D eigenvalue weighted by Gasteiger charge is 2.13. The van der Waals surface area contributed by atoms with Crippen LogP contribution in [-0.4, -0.2) is 28.1 Å². The van der Waals surface area contributed by atoms with Gasteiger partial charge in [0.05, 0.1) is 21.9 Å². The summed E-state index contributed by atoms with van der Waals surface area (Å²) >= 11 is 8.69. The fraction of sp³-hybridized carbons (Fsp3) is 0.158. The maximum absolute atomic E-state index is 12.3. The molecule has 0 spiro atoms. The average Bonchev–Trinajstić information content (AvgIpc) is 3.02. The van der Waals surface area contributed by atoms with Gasteiger partial charge in [0.2, 0.25) is 0 Å². The van der Waals surface area contributed by atoms with E-state index in [4.69, 9.17) is 17.0 Å². The molecule has 1 heterocycles. The molecule has 0 radical (unpaired) electrons. The van der Waals surface area contributed by atoms with Crippen molar-refractivity contribution in [3.05, 3.63) is 57.2 Å². The normalized spacial score (nSPS) is 10.7. The topological polar surface area (TPSA) is 80.3 Å². The van der Waals surface area contributed by atoms with Crippen LogP contribution >= 0.6 is 46.1 Å². The first-order valence-corrected chi connectivity index (χ1v) is 10.6. The molecule has 6 nitrogen and oxygen atoms in total. The lowest BCUT2D eigenvalue weighted by Gasteiger charge is -2.07. The van der Waals surface area contributed by atoms with Crippen molar-refractivity contribution >= 4 is 78.5 Å². The maximum atomic E-state index is 12.3. The van der Waals surface area contributed by atoms with Gasteiger partial charge in [-0.15, -0.1) is 0 Å². The van der Waals surface area contributed by atoms with E-state index in [9.17, 15) is 9.59 Å². The van der Waals surface area contributed by atoms with Gasteiger partial charge in [-0.25, -0.2) is 9.78 Å². The van der Waals surface area contributed by atoms with Crippen molar-refractivity contribution in [3.8, 4) is 0 Å². The number of aromatic nitrogens is 1. The molecule has 1 amide bonds. The van der Waals surface area contributed by atoms with Crippen LogP contribution in [0.3, 0.4) is 0 Å². The first-order valence-electron chi connectivity index (χ1n) is 8.31. The van der Waals surface area contributed by atoms with Crippen LogP contribution in [-0.2, 0) is 4.74 Å². The Hall–Kier alpha value is -2.11. The summed E-state index contributed by atoms with van der Waals surface area (Å²) in [6.45, 7) is 3.60. The summed E-state index contributed by atoms with van der Waals surface area (Å²) < 4.78 is 6.98. The zero-order chi connectivity index (χ0) is 20.3. The number of fused-ring (bicyclic) bond motifs is 1. The van der Waals surface area contributed by atoms with Crippen molar-refractivity contribution in [2.45, 2.75) is 20.0 Å². The fourth-order valence-corrected chi connectivity index (χ4v) is 4.03. The number of nitrogens with zero attached hydrogens (tertiary/aromatic N) is 1. The summed E-state index contributed by atoms with van der Waals surface area (Å²) in [5.74, 6) is -0.670. The highest BCUT2D eigenvalue weighted by Crippen LogP contribution is 2.27. The van der Waals surface area contributed by atoms with E-state index in [-0.39, 0.29) is 23.1 Å². The SMILES string of the molecule is CC(C)OC(=O)c1ccc2nc(NC(=S)NC(=O)c3cccc(I)c3)sc2c1. The largest absolute Gasteiger partial charge is 0.459 e. The summed E-state index contributed by atoms with van der Waals surface area (Å²) in [5, 5.41) is 6.23. The number of thiazole rings is 1. The summed E-state index contributed by atoms with van der Waals surface area (Å²) in [6.07, 6.45) is -0.184. The zero-order valence-electron chi connectivity index (χ0n) is 15.0. The number of halogens is 1. The molecule has 1 aromatic heterocycles. The van der Waals surface area contributed by atoms with Gasteiger partial charge in [-0.2, -0.15) is 0 Å². The highest BCUT2D eigenvalue weighted by molar-refractivity contribution is 14.1. The summed E-state index contributed by atoms with van der Waals surface area (Å²) in [7, 11) is 0. The third-order valence-corrected chi connectivity index (χ3v) is 5.31. The predicted molar refractivity (Wildman–Crippen MR) is 123 cm³/mol. The predicted octanol–water partition coefficient (Wildman–Crippen LogP) is 4.59. The maximum Gasteiger partial charge on any atom is 0.338 e. The lowest BCUT2D eigenvalue weighted by molar-refractivity contribution is 0.0378. The van der Waals surface area contributed by atoms with Crippen LogP contribution in [0, 0.1) is 3.57 Å². The highest BCUT2D eigenvalue weighted by atomic mass is 127. The molecule has 0 atom stereocenters. The minimum absolute atomic E-state index is 0.155. The number of benzene rings is 2. The van der Waals surface area contributed by atoms with Gasteiger partial charge in [-0.05, 0) is 85.1 Å². The van der Waals surface area contributed by atoms with E-state index in [0.717, 1.165) is 13.8 Å². The lowest BCUT2D eigenvalue weighted by Crippen LogP contribution is -2.34. The number of anilines is 1. The zero-order valence-corrected chi connectivity index (χ0v) is 18.8. The van der Waals surface area contributed by atoms with E-state index in [0.29, 0.717) is 16.3 Å². The van der Waals surface area contributed by atoms with Crippen molar-refractivity contribution in [1.29, 1.82) is 0 Å². The van der Waals surface area contributed by atoms with Gasteiger partial charge >= 0.3 is 5.97 Å². The van der Waals surface area contributed by atoms with Gasteiger partial charge < -0.3 is 10.1 Å². The number of esters is 1. The summed E-state index contributed by atoms with van der Waals surface area (Å²) in [6, 6.07) is 12.4. The Labute approximate surface area is 184 Å². The molecule has 0 unspecified atom stereocenters. The third-order valence-electron chi connectivity index (χ3n) is 3.50. The number of hydrogen-bond donors (Lipinski definition) is 2. The van der Waals surface area contributed by atoms with Crippen molar-refractivity contribution in [2.24, 2.45) is 0 Å². The van der Waals surface area contributed by atoms with E-state index < -0.39 is 0 Å². The average molecular weight is 525 g/mol. The molecule has 2 aromatic carbocycles. The van der Waals surface area contributed by atoms with Crippen molar-refractivity contribution in [2.75, 3.05) is 5.32 Å². The number of amides is 1. The third kappa shape index (κ3) is 5.24. The van der Waals surface area contributed by atoms with Gasteiger partial charge in [0.1, 0.15) is 0 Å². The molecule has 0 saturated carbocycles. The standard InChI is InChI=1S/C19H16IN3O3S2/c1-10(2)26-17(25)12-6-7-14-15(9-12)28-19(21-14)23-18(27)22-16(24)11-4-3-5-13(20)8-11/h3-10H,1-2H3,(H2,21,22,23,24,27). The van der Waals surface area contributed by atoms with E-state index >= 15 is 0 Å². The summed E-state index contributed by atoms with van der Waals surface area (Å²) in [4.78, 5) is 28.7. The Morgan fingerprint density at radius 3 is 2.68 bits per heavy atom.